The highest BCUT2D eigenvalue weighted by Gasteiger charge is 2.52. The lowest BCUT2D eigenvalue weighted by Crippen LogP contribution is -2.47. The van der Waals surface area contributed by atoms with Crippen LogP contribution in [-0.4, -0.2) is 50.0 Å². The number of hydrogen-bond donors (Lipinski definition) is 3. The number of unbranched alkanes of at least 4 members (excludes halogenated alkanes) is 1. The summed E-state index contributed by atoms with van der Waals surface area (Å²) in [6.07, 6.45) is 2.53. The maximum Gasteiger partial charge on any atom is 0.230 e. The van der Waals surface area contributed by atoms with Gasteiger partial charge in [0.05, 0.1) is 13.0 Å². The van der Waals surface area contributed by atoms with Gasteiger partial charge in [0.25, 0.3) is 0 Å². The molecule has 1 aliphatic rings. The number of aromatic nitrogens is 4. The molecular formula is C28H32N6O4S2. The molecule has 0 radical (unpaired) electrons. The standard InChI is InChI=1S/C28H32N6O4S2/c1-27(2)37-18-28(38-27,20-13-7-4-8-14-20)24(36)30-26-34-32-23(40-26)16-10-9-15-22-31-33-25(39-22)29-21(35)17-19-11-5-3-6-12-19/h3-8,11-14,24,36H,9-10,15-18H2,1-2H3,(H,30,34)(H,29,33,35). The molecule has 2 atom stereocenters. The maximum absolute atomic E-state index is 12.3. The van der Waals surface area contributed by atoms with Gasteiger partial charge in [0, 0.05) is 12.8 Å². The molecule has 1 aliphatic heterocycles. The lowest BCUT2D eigenvalue weighted by molar-refractivity contribution is -0.184. The minimum Gasteiger partial charge on any atom is -0.370 e. The molecule has 1 amide bonds. The molecule has 2 aromatic carbocycles. The van der Waals surface area contributed by atoms with Gasteiger partial charge in [0.15, 0.2) is 17.6 Å². The lowest BCUT2D eigenvalue weighted by Gasteiger charge is -2.34. The second-order valence-electron chi connectivity index (χ2n) is 10.0. The SMILES string of the molecule is CC1(C)OCC(c2ccccc2)(C(O)Nc2nnc(CCCCc3nnc(NC(=O)Cc4ccccc4)s3)s2)O1. The van der Waals surface area contributed by atoms with Crippen molar-refractivity contribution in [2.75, 3.05) is 17.2 Å². The van der Waals surface area contributed by atoms with Crippen LogP contribution in [0.3, 0.4) is 0 Å². The number of aryl methyl sites for hydroxylation is 2. The van der Waals surface area contributed by atoms with Crippen molar-refractivity contribution < 1.29 is 19.4 Å². The number of aliphatic hydroxyl groups is 1. The normalized spacial score (nSPS) is 18.9. The number of carbonyl (C=O) groups is 1. The molecular weight excluding hydrogens is 548 g/mol. The first-order valence-electron chi connectivity index (χ1n) is 13.1. The van der Waals surface area contributed by atoms with E-state index in [4.69, 9.17) is 9.47 Å². The van der Waals surface area contributed by atoms with Gasteiger partial charge in [0.2, 0.25) is 16.2 Å². The van der Waals surface area contributed by atoms with E-state index in [2.05, 4.69) is 31.0 Å². The van der Waals surface area contributed by atoms with Gasteiger partial charge in [-0.25, -0.2) is 0 Å². The summed E-state index contributed by atoms with van der Waals surface area (Å²) in [4.78, 5) is 12.3. The van der Waals surface area contributed by atoms with Crippen LogP contribution in [0.2, 0.25) is 0 Å². The number of carbonyl (C=O) groups excluding carboxylic acids is 1. The number of ether oxygens (including phenoxy) is 2. The Morgan fingerprint density at radius 1 is 0.925 bits per heavy atom. The van der Waals surface area contributed by atoms with E-state index in [-0.39, 0.29) is 12.5 Å². The molecule has 3 N–H and O–H groups in total. The van der Waals surface area contributed by atoms with Crippen LogP contribution in [-0.2, 0) is 39.1 Å². The summed E-state index contributed by atoms with van der Waals surface area (Å²) >= 11 is 2.81. The molecule has 3 heterocycles. The Bertz CT molecular complexity index is 1400. The first-order valence-corrected chi connectivity index (χ1v) is 14.8. The highest BCUT2D eigenvalue weighted by atomic mass is 32.1. The fourth-order valence-corrected chi connectivity index (χ4v) is 6.08. The number of aliphatic hydroxyl groups excluding tert-OH is 1. The third-order valence-corrected chi connectivity index (χ3v) is 8.26. The number of anilines is 2. The molecule has 1 saturated heterocycles. The Morgan fingerprint density at radius 2 is 1.52 bits per heavy atom. The van der Waals surface area contributed by atoms with Crippen molar-refractivity contribution >= 4 is 38.8 Å². The third-order valence-electron chi connectivity index (χ3n) is 6.45. The summed E-state index contributed by atoms with van der Waals surface area (Å²) < 4.78 is 12.1. The molecule has 0 aliphatic carbocycles. The molecule has 0 bridgehead atoms. The van der Waals surface area contributed by atoms with E-state index in [0.29, 0.717) is 16.7 Å². The number of nitrogens with one attached hydrogen (secondary N) is 2. The Balaban J connectivity index is 1.08. The monoisotopic (exact) mass is 580 g/mol. The number of hydrogen-bond acceptors (Lipinski definition) is 11. The molecule has 4 aromatic rings. The second kappa shape index (κ2) is 12.5. The van der Waals surface area contributed by atoms with Crippen LogP contribution in [0.1, 0.15) is 47.8 Å². The largest absolute Gasteiger partial charge is 0.370 e. The van der Waals surface area contributed by atoms with Gasteiger partial charge in [-0.05, 0) is 37.8 Å². The predicted molar refractivity (Wildman–Crippen MR) is 154 cm³/mol. The summed E-state index contributed by atoms with van der Waals surface area (Å²) in [5, 5.41) is 36.7. The summed E-state index contributed by atoms with van der Waals surface area (Å²) in [6, 6.07) is 19.2. The van der Waals surface area contributed by atoms with Gasteiger partial charge in [0.1, 0.15) is 10.0 Å². The van der Waals surface area contributed by atoms with E-state index in [1.165, 1.54) is 22.7 Å². The van der Waals surface area contributed by atoms with Crippen LogP contribution in [0.4, 0.5) is 10.3 Å². The van der Waals surface area contributed by atoms with E-state index in [9.17, 15) is 9.90 Å². The van der Waals surface area contributed by atoms with Crippen molar-refractivity contribution in [2.45, 2.75) is 63.6 Å². The number of nitrogens with zero attached hydrogens (tertiary/aromatic N) is 4. The molecule has 2 aromatic heterocycles. The quantitative estimate of drug-likeness (QED) is 0.163. The zero-order valence-electron chi connectivity index (χ0n) is 22.4. The van der Waals surface area contributed by atoms with E-state index in [0.717, 1.165) is 46.8 Å². The van der Waals surface area contributed by atoms with Crippen LogP contribution >= 0.6 is 22.7 Å². The average molecular weight is 581 g/mol. The Labute approximate surface area is 240 Å². The molecule has 210 valence electrons. The predicted octanol–water partition coefficient (Wildman–Crippen LogP) is 4.54. The number of benzene rings is 2. The molecule has 5 rings (SSSR count). The highest BCUT2D eigenvalue weighted by Crippen LogP contribution is 2.41. The third kappa shape index (κ3) is 7.07. The first-order chi connectivity index (χ1) is 19.3. The van der Waals surface area contributed by atoms with Crippen molar-refractivity contribution in [1.82, 2.24) is 20.4 Å². The van der Waals surface area contributed by atoms with Crippen molar-refractivity contribution in [1.29, 1.82) is 0 Å². The van der Waals surface area contributed by atoms with Gasteiger partial charge in [-0.3, -0.25) is 4.79 Å². The fourth-order valence-electron chi connectivity index (χ4n) is 4.48. The molecule has 12 heteroatoms. The van der Waals surface area contributed by atoms with Crippen LogP contribution in [0.5, 0.6) is 0 Å². The summed E-state index contributed by atoms with van der Waals surface area (Å²) in [5.41, 5.74) is 0.703. The minimum absolute atomic E-state index is 0.106. The van der Waals surface area contributed by atoms with Crippen LogP contribution in [0.25, 0.3) is 0 Å². The molecule has 0 saturated carbocycles. The lowest BCUT2D eigenvalue weighted by atomic mass is 9.92. The van der Waals surface area contributed by atoms with E-state index in [1.807, 2.05) is 74.5 Å². The van der Waals surface area contributed by atoms with E-state index in [1.54, 1.807) is 0 Å². The number of amides is 1. The molecule has 10 nitrogen and oxygen atoms in total. The maximum atomic E-state index is 12.3. The van der Waals surface area contributed by atoms with Gasteiger partial charge in [-0.2, -0.15) is 0 Å². The molecule has 0 spiro atoms. The topological polar surface area (TPSA) is 131 Å². The summed E-state index contributed by atoms with van der Waals surface area (Å²) in [7, 11) is 0. The number of rotatable bonds is 12. The highest BCUT2D eigenvalue weighted by molar-refractivity contribution is 7.15. The van der Waals surface area contributed by atoms with Crippen molar-refractivity contribution in [2.24, 2.45) is 0 Å². The second-order valence-corrected chi connectivity index (χ2v) is 12.1. The molecule has 2 unspecified atom stereocenters. The Kier molecular flexibility index (Phi) is 8.81. The van der Waals surface area contributed by atoms with Crippen LogP contribution in [0, 0.1) is 0 Å². The molecule has 40 heavy (non-hydrogen) atoms. The Morgan fingerprint density at radius 3 is 2.15 bits per heavy atom. The summed E-state index contributed by atoms with van der Waals surface area (Å²) in [5.74, 6) is -0.934. The Hall–Kier alpha value is -3.29. The van der Waals surface area contributed by atoms with Crippen molar-refractivity contribution in [3.05, 3.63) is 81.8 Å². The first kappa shape index (κ1) is 28.2. The van der Waals surface area contributed by atoms with Gasteiger partial charge >= 0.3 is 0 Å². The summed E-state index contributed by atoms with van der Waals surface area (Å²) in [6.45, 7) is 3.87. The zero-order chi connectivity index (χ0) is 28.0. The minimum atomic E-state index is -1.09. The fraction of sp³-hybridized carbons (Fsp3) is 0.393. The van der Waals surface area contributed by atoms with Gasteiger partial charge in [-0.15, -0.1) is 20.4 Å². The van der Waals surface area contributed by atoms with Crippen LogP contribution < -0.4 is 10.6 Å². The zero-order valence-corrected chi connectivity index (χ0v) is 24.0. The van der Waals surface area contributed by atoms with E-state index < -0.39 is 17.6 Å². The van der Waals surface area contributed by atoms with Crippen molar-refractivity contribution in [3.63, 3.8) is 0 Å². The van der Waals surface area contributed by atoms with E-state index >= 15 is 0 Å². The van der Waals surface area contributed by atoms with Gasteiger partial charge in [-0.1, -0.05) is 83.3 Å². The van der Waals surface area contributed by atoms with Gasteiger partial charge < -0.3 is 25.2 Å². The van der Waals surface area contributed by atoms with Crippen molar-refractivity contribution in [3.8, 4) is 0 Å². The van der Waals surface area contributed by atoms with Crippen LogP contribution in [0.15, 0.2) is 60.7 Å². The average Bonchev–Trinajstić information content (AvgIpc) is 3.67. The molecule has 1 fully saturated rings. The smallest absolute Gasteiger partial charge is 0.230 e.